The summed E-state index contributed by atoms with van der Waals surface area (Å²) >= 11 is 0. The van der Waals surface area contributed by atoms with Crippen LogP contribution in [0.5, 0.6) is 0 Å². The Kier molecular flexibility index (Phi) is 2.84. The van der Waals surface area contributed by atoms with Gasteiger partial charge in [0.25, 0.3) is 0 Å². The molecule has 0 saturated carbocycles. The highest BCUT2D eigenvalue weighted by atomic mass is 16.6. The fraction of sp³-hybridized carbons (Fsp3) is 0.857. The summed E-state index contributed by atoms with van der Waals surface area (Å²) < 4.78 is 10.2. The van der Waals surface area contributed by atoms with Gasteiger partial charge in [0, 0.05) is 0 Å². The van der Waals surface area contributed by atoms with E-state index in [0.29, 0.717) is 19.6 Å². The summed E-state index contributed by atoms with van der Waals surface area (Å²) in [6, 6.07) is 0. The van der Waals surface area contributed by atoms with Crippen molar-refractivity contribution in [3.63, 3.8) is 0 Å². The third-order valence-corrected chi connectivity index (χ3v) is 1.70. The zero-order valence-electron chi connectivity index (χ0n) is 6.45. The lowest BCUT2D eigenvalue weighted by atomic mass is 10.1. The molecule has 0 bridgehead atoms. The Morgan fingerprint density at radius 1 is 1.55 bits per heavy atom. The second-order valence-corrected chi connectivity index (χ2v) is 2.45. The highest BCUT2D eigenvalue weighted by molar-refractivity contribution is 5.73. The largest absolute Gasteiger partial charge is 0.479 e. The summed E-state index contributed by atoms with van der Waals surface area (Å²) in [5.74, 6) is -0.934. The molecule has 1 N–H and O–H groups in total. The minimum absolute atomic E-state index is 0.277. The molecule has 11 heavy (non-hydrogen) atoms. The highest BCUT2D eigenvalue weighted by Crippen LogP contribution is 2.13. The molecule has 2 unspecified atom stereocenters. The molecule has 1 rings (SSSR count). The van der Waals surface area contributed by atoms with Gasteiger partial charge < -0.3 is 14.6 Å². The zero-order chi connectivity index (χ0) is 8.27. The van der Waals surface area contributed by atoms with Gasteiger partial charge in [-0.25, -0.2) is 4.79 Å². The Bertz CT molecular complexity index is 145. The van der Waals surface area contributed by atoms with Gasteiger partial charge in [-0.2, -0.15) is 0 Å². The van der Waals surface area contributed by atoms with Gasteiger partial charge in [-0.15, -0.1) is 0 Å². The molecule has 64 valence electrons. The van der Waals surface area contributed by atoms with Gasteiger partial charge in [0.2, 0.25) is 0 Å². The molecule has 0 aromatic carbocycles. The van der Waals surface area contributed by atoms with Crippen LogP contribution in [0.25, 0.3) is 0 Å². The monoisotopic (exact) mass is 160 g/mol. The topological polar surface area (TPSA) is 55.8 Å². The van der Waals surface area contributed by atoms with Crippen LogP contribution in [0.4, 0.5) is 0 Å². The van der Waals surface area contributed by atoms with E-state index in [4.69, 9.17) is 14.6 Å². The molecule has 0 aliphatic carbocycles. The van der Waals surface area contributed by atoms with Gasteiger partial charge >= 0.3 is 5.97 Å². The molecule has 1 aliphatic rings. The van der Waals surface area contributed by atoms with Crippen LogP contribution in [0, 0.1) is 0 Å². The smallest absolute Gasteiger partial charge is 0.335 e. The molecule has 4 heteroatoms. The van der Waals surface area contributed by atoms with Gasteiger partial charge in [-0.05, 0) is 6.42 Å². The van der Waals surface area contributed by atoms with Crippen molar-refractivity contribution in [3.05, 3.63) is 0 Å². The van der Waals surface area contributed by atoms with E-state index in [2.05, 4.69) is 0 Å². The van der Waals surface area contributed by atoms with E-state index in [1.807, 2.05) is 6.92 Å². The Hall–Kier alpha value is -0.610. The number of ether oxygens (including phenoxy) is 2. The predicted octanol–water partition coefficient (Wildman–Crippen LogP) is 0.265. The van der Waals surface area contributed by atoms with E-state index in [-0.39, 0.29) is 6.10 Å². The summed E-state index contributed by atoms with van der Waals surface area (Å²) in [5, 5.41) is 8.63. The fourth-order valence-electron chi connectivity index (χ4n) is 1.13. The third kappa shape index (κ3) is 1.91. The van der Waals surface area contributed by atoms with Gasteiger partial charge in [-0.3, -0.25) is 0 Å². The number of aliphatic carboxylic acids is 1. The van der Waals surface area contributed by atoms with Crippen LogP contribution < -0.4 is 0 Å². The summed E-state index contributed by atoms with van der Waals surface area (Å²) in [6.07, 6.45) is -0.369. The SMILES string of the molecule is CCC1OCCOC1C(=O)O. The molecule has 1 heterocycles. The molecule has 4 nitrogen and oxygen atoms in total. The van der Waals surface area contributed by atoms with E-state index in [1.54, 1.807) is 0 Å². The molecule has 1 fully saturated rings. The van der Waals surface area contributed by atoms with Crippen LogP contribution in [0.1, 0.15) is 13.3 Å². The van der Waals surface area contributed by atoms with E-state index in [9.17, 15) is 4.79 Å². The highest BCUT2D eigenvalue weighted by Gasteiger charge is 2.31. The first-order valence-corrected chi connectivity index (χ1v) is 3.71. The minimum Gasteiger partial charge on any atom is -0.479 e. The quantitative estimate of drug-likeness (QED) is 0.629. The van der Waals surface area contributed by atoms with E-state index < -0.39 is 12.1 Å². The number of carbonyl (C=O) groups is 1. The maximum absolute atomic E-state index is 10.5. The molecule has 0 spiro atoms. The van der Waals surface area contributed by atoms with Gasteiger partial charge in [0.1, 0.15) is 0 Å². The Labute approximate surface area is 65.1 Å². The lowest BCUT2D eigenvalue weighted by molar-refractivity contribution is -0.180. The first kappa shape index (κ1) is 8.49. The van der Waals surface area contributed by atoms with Gasteiger partial charge in [-0.1, -0.05) is 6.92 Å². The molecular formula is C7H12O4. The van der Waals surface area contributed by atoms with Crippen molar-refractivity contribution in [1.82, 2.24) is 0 Å². The first-order chi connectivity index (χ1) is 5.25. The number of carboxylic acid groups (broad SMARTS) is 1. The molecule has 1 saturated heterocycles. The predicted molar refractivity (Wildman–Crippen MR) is 37.4 cm³/mol. The zero-order valence-corrected chi connectivity index (χ0v) is 6.45. The van der Waals surface area contributed by atoms with E-state index in [0.717, 1.165) is 0 Å². The van der Waals surface area contributed by atoms with Crippen LogP contribution in [0.3, 0.4) is 0 Å². The Balaban J connectivity index is 2.51. The number of hydrogen-bond donors (Lipinski definition) is 1. The average Bonchev–Trinajstić information content (AvgIpc) is 2.04. The Morgan fingerprint density at radius 2 is 2.18 bits per heavy atom. The van der Waals surface area contributed by atoms with Crippen molar-refractivity contribution < 1.29 is 19.4 Å². The molecular weight excluding hydrogens is 148 g/mol. The molecule has 0 aromatic rings. The first-order valence-electron chi connectivity index (χ1n) is 3.71. The van der Waals surface area contributed by atoms with Crippen LogP contribution in [-0.2, 0) is 14.3 Å². The number of carboxylic acids is 1. The van der Waals surface area contributed by atoms with Crippen LogP contribution >= 0.6 is 0 Å². The van der Waals surface area contributed by atoms with Crippen LogP contribution in [-0.4, -0.2) is 36.5 Å². The lowest BCUT2D eigenvalue weighted by Gasteiger charge is -2.27. The van der Waals surface area contributed by atoms with Crippen molar-refractivity contribution in [2.45, 2.75) is 25.6 Å². The van der Waals surface area contributed by atoms with Gasteiger partial charge in [0.05, 0.1) is 19.3 Å². The molecule has 2 atom stereocenters. The molecule has 0 aromatic heterocycles. The van der Waals surface area contributed by atoms with Crippen molar-refractivity contribution in [2.75, 3.05) is 13.2 Å². The fourth-order valence-corrected chi connectivity index (χ4v) is 1.13. The van der Waals surface area contributed by atoms with Crippen molar-refractivity contribution in [1.29, 1.82) is 0 Å². The summed E-state index contributed by atoms with van der Waals surface area (Å²) in [6.45, 7) is 2.77. The summed E-state index contributed by atoms with van der Waals surface area (Å²) in [4.78, 5) is 10.5. The van der Waals surface area contributed by atoms with Crippen molar-refractivity contribution >= 4 is 5.97 Å². The number of rotatable bonds is 2. The average molecular weight is 160 g/mol. The van der Waals surface area contributed by atoms with Crippen LogP contribution in [0.15, 0.2) is 0 Å². The van der Waals surface area contributed by atoms with E-state index in [1.165, 1.54) is 0 Å². The maximum Gasteiger partial charge on any atom is 0.335 e. The molecule has 1 aliphatic heterocycles. The normalized spacial score (nSPS) is 31.7. The summed E-state index contributed by atoms with van der Waals surface area (Å²) in [5.41, 5.74) is 0. The second kappa shape index (κ2) is 3.69. The van der Waals surface area contributed by atoms with E-state index >= 15 is 0 Å². The minimum atomic E-state index is -0.934. The summed E-state index contributed by atoms with van der Waals surface area (Å²) in [7, 11) is 0. The standard InChI is InChI=1S/C7H12O4/c1-2-5-6(7(8)9)11-4-3-10-5/h5-6H,2-4H2,1H3,(H,8,9). The van der Waals surface area contributed by atoms with Crippen molar-refractivity contribution in [3.8, 4) is 0 Å². The van der Waals surface area contributed by atoms with Crippen LogP contribution in [0.2, 0.25) is 0 Å². The lowest BCUT2D eigenvalue weighted by Crippen LogP contribution is -2.43. The third-order valence-electron chi connectivity index (χ3n) is 1.70. The number of hydrogen-bond acceptors (Lipinski definition) is 3. The van der Waals surface area contributed by atoms with Crippen molar-refractivity contribution in [2.24, 2.45) is 0 Å². The maximum atomic E-state index is 10.5. The molecule has 0 radical (unpaired) electrons. The molecule has 0 amide bonds. The second-order valence-electron chi connectivity index (χ2n) is 2.45. The van der Waals surface area contributed by atoms with Gasteiger partial charge in [0.15, 0.2) is 6.10 Å². The Morgan fingerprint density at radius 3 is 2.64 bits per heavy atom.